The van der Waals surface area contributed by atoms with Gasteiger partial charge in [-0.1, -0.05) is 18.2 Å². The second-order valence-corrected chi connectivity index (χ2v) is 7.43. The van der Waals surface area contributed by atoms with E-state index in [0.717, 1.165) is 41.8 Å². The van der Waals surface area contributed by atoms with Crippen molar-refractivity contribution < 1.29 is 13.6 Å². The minimum Gasteiger partial charge on any atom is -0.337 e. The molecule has 8 heteroatoms. The van der Waals surface area contributed by atoms with Crippen molar-refractivity contribution in [2.45, 2.75) is 32.6 Å². The molecule has 0 fully saturated rings. The number of benzene rings is 2. The summed E-state index contributed by atoms with van der Waals surface area (Å²) in [6, 6.07) is 12.8. The first-order valence-electron chi connectivity index (χ1n) is 9.77. The van der Waals surface area contributed by atoms with Gasteiger partial charge in [-0.2, -0.15) is 5.10 Å². The highest BCUT2D eigenvalue weighted by molar-refractivity contribution is 6.05. The van der Waals surface area contributed by atoms with E-state index in [1.807, 2.05) is 35.9 Å². The Morgan fingerprint density at radius 3 is 2.83 bits per heavy atom. The molecule has 0 bridgehead atoms. The minimum absolute atomic E-state index is 0.312. The maximum Gasteiger partial charge on any atom is 0.295 e. The number of carbonyl (C=O) groups excluding carboxylic acids is 1. The molecular formula is C22H19F2N5O. The van der Waals surface area contributed by atoms with Crippen molar-refractivity contribution in [1.82, 2.24) is 19.7 Å². The number of halogens is 2. The lowest BCUT2D eigenvalue weighted by atomic mass is 10.1. The van der Waals surface area contributed by atoms with Crippen LogP contribution in [0.1, 0.15) is 46.0 Å². The predicted octanol–water partition coefficient (Wildman–Crippen LogP) is 4.74. The van der Waals surface area contributed by atoms with Crippen LogP contribution in [0.15, 0.2) is 42.5 Å². The fourth-order valence-electron chi connectivity index (χ4n) is 4.02. The monoisotopic (exact) mass is 407 g/mol. The van der Waals surface area contributed by atoms with Crippen LogP contribution in [0.5, 0.6) is 0 Å². The van der Waals surface area contributed by atoms with Crippen LogP contribution in [0.25, 0.3) is 16.7 Å². The molecule has 2 aromatic heterocycles. The number of aromatic amines is 1. The molecule has 0 unspecified atom stereocenters. The average Bonchev–Trinajstić information content (AvgIpc) is 3.43. The lowest BCUT2D eigenvalue weighted by molar-refractivity contribution is 0.102. The molecule has 0 aliphatic heterocycles. The summed E-state index contributed by atoms with van der Waals surface area (Å²) in [6.07, 6.45) is -0.0131. The normalized spacial score (nSPS) is 13.2. The molecule has 1 amide bonds. The topological polar surface area (TPSA) is 75.6 Å². The number of anilines is 1. The zero-order valence-corrected chi connectivity index (χ0v) is 16.2. The molecule has 152 valence electrons. The number of para-hydroxylation sites is 1. The number of rotatable bonds is 4. The van der Waals surface area contributed by atoms with E-state index in [-0.39, 0.29) is 11.7 Å². The van der Waals surface area contributed by atoms with Crippen LogP contribution in [0.2, 0.25) is 0 Å². The molecule has 6 nitrogen and oxygen atoms in total. The molecule has 0 saturated heterocycles. The van der Waals surface area contributed by atoms with Crippen molar-refractivity contribution in [3.05, 3.63) is 70.8 Å². The second kappa shape index (κ2) is 7.05. The number of aryl methyl sites for hydroxylation is 1. The summed E-state index contributed by atoms with van der Waals surface area (Å²) in [5.41, 5.74) is 5.86. The summed E-state index contributed by atoms with van der Waals surface area (Å²) >= 11 is 0. The van der Waals surface area contributed by atoms with Crippen molar-refractivity contribution in [1.29, 1.82) is 0 Å². The van der Waals surface area contributed by atoms with Crippen LogP contribution in [-0.4, -0.2) is 25.7 Å². The fraction of sp³-hybridized carbons (Fsp3) is 0.227. The Bertz CT molecular complexity index is 1270. The molecular weight excluding hydrogens is 388 g/mol. The summed E-state index contributed by atoms with van der Waals surface area (Å²) in [5, 5.41) is 7.48. The van der Waals surface area contributed by atoms with Crippen molar-refractivity contribution in [3.8, 4) is 5.69 Å². The number of alkyl halides is 2. The van der Waals surface area contributed by atoms with Gasteiger partial charge in [0.25, 0.3) is 12.3 Å². The number of hydrogen-bond donors (Lipinski definition) is 2. The molecule has 0 spiro atoms. The van der Waals surface area contributed by atoms with Crippen molar-refractivity contribution in [3.63, 3.8) is 0 Å². The zero-order chi connectivity index (χ0) is 20.8. The fourth-order valence-corrected chi connectivity index (χ4v) is 4.02. The molecule has 2 heterocycles. The summed E-state index contributed by atoms with van der Waals surface area (Å²) in [6.45, 7) is 2.02. The lowest BCUT2D eigenvalue weighted by Crippen LogP contribution is -2.15. The Hall–Kier alpha value is -3.55. The zero-order valence-electron chi connectivity index (χ0n) is 16.2. The number of fused-ring (bicyclic) bond motifs is 2. The summed E-state index contributed by atoms with van der Waals surface area (Å²) in [4.78, 5) is 19.5. The van der Waals surface area contributed by atoms with Crippen LogP contribution in [0.4, 0.5) is 14.5 Å². The third kappa shape index (κ3) is 3.04. The Labute approximate surface area is 170 Å². The first kappa shape index (κ1) is 18.5. The summed E-state index contributed by atoms with van der Waals surface area (Å²) in [7, 11) is 0. The number of aromatic nitrogens is 4. The van der Waals surface area contributed by atoms with E-state index < -0.39 is 6.43 Å². The predicted molar refractivity (Wildman–Crippen MR) is 109 cm³/mol. The number of H-pyrrole nitrogens is 1. The Morgan fingerprint density at radius 1 is 1.20 bits per heavy atom. The van der Waals surface area contributed by atoms with Gasteiger partial charge >= 0.3 is 0 Å². The molecule has 5 rings (SSSR count). The number of imidazole rings is 1. The number of nitrogens with zero attached hydrogens (tertiary/aromatic N) is 3. The van der Waals surface area contributed by atoms with Gasteiger partial charge in [0, 0.05) is 16.9 Å². The van der Waals surface area contributed by atoms with E-state index in [4.69, 9.17) is 0 Å². The van der Waals surface area contributed by atoms with Gasteiger partial charge in [0.05, 0.1) is 16.7 Å². The Morgan fingerprint density at radius 2 is 2.03 bits per heavy atom. The van der Waals surface area contributed by atoms with E-state index in [9.17, 15) is 13.6 Å². The molecule has 0 radical (unpaired) electrons. The van der Waals surface area contributed by atoms with E-state index in [2.05, 4.69) is 20.4 Å². The molecule has 0 atom stereocenters. The van der Waals surface area contributed by atoms with E-state index in [1.54, 1.807) is 18.2 Å². The number of hydrogen-bond acceptors (Lipinski definition) is 3. The molecule has 2 N–H and O–H groups in total. The first-order chi connectivity index (χ1) is 14.5. The quantitative estimate of drug-likeness (QED) is 0.513. The SMILES string of the molecule is Cc1ccccc1-n1nc(C(=O)Nc2ccc3nc(C(F)F)[nH]c3c2)c2c1CCC2. The first-order valence-corrected chi connectivity index (χ1v) is 9.77. The van der Waals surface area contributed by atoms with Gasteiger partial charge in [-0.05, 0) is 56.0 Å². The van der Waals surface area contributed by atoms with Gasteiger partial charge in [0.15, 0.2) is 11.5 Å². The molecule has 1 aliphatic rings. The van der Waals surface area contributed by atoms with Gasteiger partial charge in [-0.3, -0.25) is 4.79 Å². The van der Waals surface area contributed by atoms with Crippen molar-refractivity contribution in [2.75, 3.05) is 5.32 Å². The van der Waals surface area contributed by atoms with Gasteiger partial charge < -0.3 is 10.3 Å². The highest BCUT2D eigenvalue weighted by Gasteiger charge is 2.27. The third-order valence-corrected chi connectivity index (χ3v) is 5.45. The Kier molecular flexibility index (Phi) is 4.34. The molecule has 1 aliphatic carbocycles. The molecule has 2 aromatic carbocycles. The number of nitrogens with one attached hydrogen (secondary N) is 2. The highest BCUT2D eigenvalue weighted by Crippen LogP contribution is 2.30. The molecule has 4 aromatic rings. The second-order valence-electron chi connectivity index (χ2n) is 7.43. The Balaban J connectivity index is 1.48. The van der Waals surface area contributed by atoms with Crippen LogP contribution < -0.4 is 5.32 Å². The standard InChI is InChI=1S/C22H19F2N5O/c1-12-5-2-3-7-17(12)29-18-8-4-6-14(18)19(28-29)22(30)25-13-9-10-15-16(11-13)27-21(26-15)20(23)24/h2-3,5,7,9-11,20H,4,6,8H2,1H3,(H,25,30)(H,26,27). The number of amides is 1. The van der Waals surface area contributed by atoms with Gasteiger partial charge in [-0.25, -0.2) is 18.4 Å². The van der Waals surface area contributed by atoms with E-state index in [1.165, 1.54) is 0 Å². The number of carbonyl (C=O) groups is 1. The van der Waals surface area contributed by atoms with Crippen LogP contribution in [0.3, 0.4) is 0 Å². The van der Waals surface area contributed by atoms with E-state index in [0.29, 0.717) is 22.4 Å². The smallest absolute Gasteiger partial charge is 0.295 e. The largest absolute Gasteiger partial charge is 0.337 e. The maximum atomic E-state index is 13.0. The minimum atomic E-state index is -2.68. The lowest BCUT2D eigenvalue weighted by Gasteiger charge is -2.08. The van der Waals surface area contributed by atoms with Crippen LogP contribution >= 0.6 is 0 Å². The van der Waals surface area contributed by atoms with Crippen LogP contribution in [-0.2, 0) is 12.8 Å². The van der Waals surface area contributed by atoms with Gasteiger partial charge in [0.2, 0.25) is 0 Å². The highest BCUT2D eigenvalue weighted by atomic mass is 19.3. The van der Waals surface area contributed by atoms with E-state index >= 15 is 0 Å². The van der Waals surface area contributed by atoms with Gasteiger partial charge in [0.1, 0.15) is 0 Å². The van der Waals surface area contributed by atoms with Gasteiger partial charge in [-0.15, -0.1) is 0 Å². The third-order valence-electron chi connectivity index (χ3n) is 5.45. The van der Waals surface area contributed by atoms with Crippen LogP contribution in [0, 0.1) is 6.92 Å². The molecule has 30 heavy (non-hydrogen) atoms. The molecule has 0 saturated carbocycles. The maximum absolute atomic E-state index is 13.0. The average molecular weight is 407 g/mol. The summed E-state index contributed by atoms with van der Waals surface area (Å²) in [5.74, 6) is -0.697. The van der Waals surface area contributed by atoms with Crippen molar-refractivity contribution in [2.24, 2.45) is 0 Å². The summed E-state index contributed by atoms with van der Waals surface area (Å²) < 4.78 is 27.6. The van der Waals surface area contributed by atoms with Crippen molar-refractivity contribution >= 4 is 22.6 Å².